The molecule has 0 aliphatic carbocycles. The third kappa shape index (κ3) is 5.47. The zero-order valence-corrected chi connectivity index (χ0v) is 21.5. The molecule has 36 heavy (non-hydrogen) atoms. The van der Waals surface area contributed by atoms with Gasteiger partial charge in [-0.25, -0.2) is 0 Å². The quantitative estimate of drug-likeness (QED) is 0.406. The molecule has 1 N–H and O–H groups in total. The standard InChI is InChI=1S/C24H19ClN4O.C4H9NO/c1-15-27-28-23-14-26-24(16-6-9-19(25)10-7-16)21-13-18(8-11-22(21)29(15)23)17-4-3-5-20(12-17)30-2;1-3-5-4(2)6/h3-13H,14H2,1-2H3;3H2,1-2H3,(H,5,6). The highest BCUT2D eigenvalue weighted by Crippen LogP contribution is 2.31. The molecule has 3 aromatic carbocycles. The second kappa shape index (κ2) is 11.2. The van der Waals surface area contributed by atoms with E-state index in [1.54, 1.807) is 7.11 Å². The summed E-state index contributed by atoms with van der Waals surface area (Å²) in [6, 6.07) is 22.2. The second-order valence-corrected chi connectivity index (χ2v) is 8.66. The van der Waals surface area contributed by atoms with Crippen LogP contribution >= 0.6 is 11.6 Å². The smallest absolute Gasteiger partial charge is 0.216 e. The van der Waals surface area contributed by atoms with E-state index in [1.165, 1.54) is 6.92 Å². The summed E-state index contributed by atoms with van der Waals surface area (Å²) >= 11 is 6.12. The number of carbonyl (C=O) groups excluding carboxylic acids is 1. The highest BCUT2D eigenvalue weighted by Gasteiger charge is 2.22. The van der Waals surface area contributed by atoms with E-state index in [9.17, 15) is 4.79 Å². The Morgan fingerprint density at radius 2 is 1.75 bits per heavy atom. The van der Waals surface area contributed by atoms with Gasteiger partial charge in [0, 0.05) is 29.6 Å². The van der Waals surface area contributed by atoms with Crippen molar-refractivity contribution in [2.45, 2.75) is 27.3 Å². The lowest BCUT2D eigenvalue weighted by Gasteiger charge is -2.15. The van der Waals surface area contributed by atoms with Crippen molar-refractivity contribution >= 4 is 23.2 Å². The van der Waals surface area contributed by atoms with Crippen molar-refractivity contribution < 1.29 is 9.53 Å². The number of halogens is 1. The number of aryl methyl sites for hydroxylation is 1. The molecular weight excluding hydrogens is 474 g/mol. The molecular formula is C28H28ClN5O2. The highest BCUT2D eigenvalue weighted by atomic mass is 35.5. The Balaban J connectivity index is 0.000000455. The van der Waals surface area contributed by atoms with Crippen LogP contribution in [-0.2, 0) is 11.3 Å². The van der Waals surface area contributed by atoms with Gasteiger partial charge in [0.1, 0.15) is 18.1 Å². The van der Waals surface area contributed by atoms with Crippen LogP contribution in [0.25, 0.3) is 16.8 Å². The monoisotopic (exact) mass is 501 g/mol. The number of fused-ring (bicyclic) bond motifs is 3. The maximum atomic E-state index is 9.93. The molecule has 4 aromatic rings. The summed E-state index contributed by atoms with van der Waals surface area (Å²) in [6.45, 7) is 6.55. The van der Waals surface area contributed by atoms with Gasteiger partial charge >= 0.3 is 0 Å². The molecule has 1 aromatic heterocycles. The minimum atomic E-state index is 0.0394. The number of aromatic nitrogens is 3. The average Bonchev–Trinajstić information content (AvgIpc) is 3.16. The van der Waals surface area contributed by atoms with Crippen LogP contribution in [0.2, 0.25) is 5.02 Å². The Morgan fingerprint density at radius 3 is 2.42 bits per heavy atom. The molecule has 0 fully saturated rings. The first-order valence-electron chi connectivity index (χ1n) is 11.7. The van der Waals surface area contributed by atoms with E-state index in [4.69, 9.17) is 21.3 Å². The van der Waals surface area contributed by atoms with E-state index < -0.39 is 0 Å². The van der Waals surface area contributed by atoms with Gasteiger partial charge in [0.05, 0.1) is 18.5 Å². The number of hydrogen-bond acceptors (Lipinski definition) is 5. The lowest BCUT2D eigenvalue weighted by Crippen LogP contribution is -2.18. The van der Waals surface area contributed by atoms with Crippen molar-refractivity contribution in [2.75, 3.05) is 13.7 Å². The Labute approximate surface area is 215 Å². The molecule has 5 rings (SSSR count). The summed E-state index contributed by atoms with van der Waals surface area (Å²) < 4.78 is 7.49. The third-order valence-corrected chi connectivity index (χ3v) is 5.96. The summed E-state index contributed by atoms with van der Waals surface area (Å²) in [7, 11) is 1.68. The predicted molar refractivity (Wildman–Crippen MR) is 143 cm³/mol. The number of nitrogens with zero attached hydrogens (tertiary/aromatic N) is 4. The third-order valence-electron chi connectivity index (χ3n) is 5.71. The van der Waals surface area contributed by atoms with Crippen LogP contribution in [-0.4, -0.2) is 40.0 Å². The summed E-state index contributed by atoms with van der Waals surface area (Å²) in [5, 5.41) is 11.9. The van der Waals surface area contributed by atoms with E-state index >= 15 is 0 Å². The zero-order chi connectivity index (χ0) is 25.7. The van der Waals surface area contributed by atoms with Gasteiger partial charge in [-0.05, 0) is 61.4 Å². The van der Waals surface area contributed by atoms with E-state index in [-0.39, 0.29) is 5.91 Å². The van der Waals surface area contributed by atoms with Crippen molar-refractivity contribution in [3.63, 3.8) is 0 Å². The van der Waals surface area contributed by atoms with E-state index in [0.29, 0.717) is 11.6 Å². The van der Waals surface area contributed by atoms with Gasteiger partial charge in [-0.1, -0.05) is 41.9 Å². The minimum absolute atomic E-state index is 0.0394. The van der Waals surface area contributed by atoms with Crippen molar-refractivity contribution in [2.24, 2.45) is 4.99 Å². The Kier molecular flexibility index (Phi) is 7.80. The largest absolute Gasteiger partial charge is 0.497 e. The molecule has 8 heteroatoms. The minimum Gasteiger partial charge on any atom is -0.497 e. The fourth-order valence-electron chi connectivity index (χ4n) is 4.06. The van der Waals surface area contributed by atoms with Gasteiger partial charge in [0.15, 0.2) is 5.82 Å². The van der Waals surface area contributed by atoms with Crippen LogP contribution in [0.1, 0.15) is 36.6 Å². The molecule has 1 amide bonds. The van der Waals surface area contributed by atoms with Gasteiger partial charge < -0.3 is 10.1 Å². The van der Waals surface area contributed by atoms with Crippen molar-refractivity contribution in [3.05, 3.63) is 94.5 Å². The summed E-state index contributed by atoms with van der Waals surface area (Å²) in [5.74, 6) is 2.53. The first kappa shape index (κ1) is 25.1. The normalized spacial score (nSPS) is 11.8. The average molecular weight is 502 g/mol. The van der Waals surface area contributed by atoms with Crippen LogP contribution in [0, 0.1) is 6.92 Å². The number of hydrogen-bond donors (Lipinski definition) is 1. The van der Waals surface area contributed by atoms with Crippen LogP contribution in [0.5, 0.6) is 5.75 Å². The Morgan fingerprint density at radius 1 is 1.03 bits per heavy atom. The molecule has 2 heterocycles. The number of amides is 1. The summed E-state index contributed by atoms with van der Waals surface area (Å²) in [6.07, 6.45) is 0. The van der Waals surface area contributed by atoms with Gasteiger partial charge in [-0.15, -0.1) is 10.2 Å². The number of carbonyl (C=O) groups is 1. The number of ether oxygens (including phenoxy) is 1. The topological polar surface area (TPSA) is 81.4 Å². The fraction of sp³-hybridized carbons (Fsp3) is 0.214. The second-order valence-electron chi connectivity index (χ2n) is 8.22. The molecule has 1 aliphatic rings. The number of aliphatic imine (C=N–C) groups is 1. The first-order valence-corrected chi connectivity index (χ1v) is 12.0. The number of methoxy groups -OCH3 is 1. The van der Waals surface area contributed by atoms with Gasteiger partial charge in [-0.2, -0.15) is 0 Å². The van der Waals surface area contributed by atoms with Crippen molar-refractivity contribution in [3.8, 4) is 22.6 Å². The SMILES string of the molecule is CCNC(C)=O.COc1cccc(-c2ccc3c(c2)C(c2ccc(Cl)cc2)=NCc2nnc(C)n2-3)c1. The zero-order valence-electron chi connectivity index (χ0n) is 20.7. The van der Waals surface area contributed by atoms with E-state index in [0.717, 1.165) is 57.6 Å². The van der Waals surface area contributed by atoms with Crippen LogP contribution in [0.3, 0.4) is 0 Å². The number of nitrogens with one attached hydrogen (secondary N) is 1. The molecule has 0 saturated heterocycles. The maximum Gasteiger partial charge on any atom is 0.216 e. The van der Waals surface area contributed by atoms with E-state index in [1.807, 2.05) is 56.3 Å². The first-order chi connectivity index (χ1) is 17.4. The van der Waals surface area contributed by atoms with Crippen LogP contribution in [0.15, 0.2) is 71.7 Å². The van der Waals surface area contributed by atoms with Gasteiger partial charge in [0.25, 0.3) is 0 Å². The van der Waals surface area contributed by atoms with Gasteiger partial charge in [-0.3, -0.25) is 14.4 Å². The number of rotatable bonds is 4. The van der Waals surface area contributed by atoms with Crippen molar-refractivity contribution in [1.82, 2.24) is 20.1 Å². The van der Waals surface area contributed by atoms with Gasteiger partial charge in [0.2, 0.25) is 5.91 Å². The molecule has 7 nitrogen and oxygen atoms in total. The molecule has 0 radical (unpaired) electrons. The number of benzene rings is 3. The molecule has 0 bridgehead atoms. The lowest BCUT2D eigenvalue weighted by molar-refractivity contribution is -0.118. The molecule has 0 unspecified atom stereocenters. The molecule has 0 atom stereocenters. The molecule has 0 saturated carbocycles. The van der Waals surface area contributed by atoms with Crippen molar-refractivity contribution in [1.29, 1.82) is 0 Å². The summed E-state index contributed by atoms with van der Waals surface area (Å²) in [4.78, 5) is 14.8. The maximum absolute atomic E-state index is 9.93. The molecule has 1 aliphatic heterocycles. The fourth-order valence-corrected chi connectivity index (χ4v) is 4.19. The van der Waals surface area contributed by atoms with Crippen LogP contribution in [0.4, 0.5) is 0 Å². The molecule has 184 valence electrons. The van der Waals surface area contributed by atoms with Crippen LogP contribution < -0.4 is 10.1 Å². The van der Waals surface area contributed by atoms with E-state index in [2.05, 4.69) is 44.3 Å². The Bertz CT molecular complexity index is 1410. The Hall–Kier alpha value is -3.97. The predicted octanol–water partition coefficient (Wildman–Crippen LogP) is 5.40. The highest BCUT2D eigenvalue weighted by molar-refractivity contribution is 6.30. The summed E-state index contributed by atoms with van der Waals surface area (Å²) in [5.41, 5.74) is 6.14. The lowest BCUT2D eigenvalue weighted by atomic mass is 9.95. The molecule has 0 spiro atoms.